The second-order valence-electron chi connectivity index (χ2n) is 7.08. The van der Waals surface area contributed by atoms with Crippen LogP contribution in [0.2, 0.25) is 0 Å². The molecule has 0 unspecified atom stereocenters. The predicted molar refractivity (Wildman–Crippen MR) is 126 cm³/mol. The van der Waals surface area contributed by atoms with E-state index in [-0.39, 0.29) is 11.2 Å². The average Bonchev–Trinajstić information content (AvgIpc) is 3.42. The number of hydrogen-bond acceptors (Lipinski definition) is 6. The maximum atomic E-state index is 12.4. The van der Waals surface area contributed by atoms with E-state index >= 15 is 0 Å². The molecule has 8 heteroatoms. The SMILES string of the molecule is CCOC(=O)[C@H](CC)Sc1nnc(-c2c[nH]c3ccccc23)n1-c1ccc(OCC)cc1. The Labute approximate surface area is 191 Å². The van der Waals surface area contributed by atoms with E-state index in [4.69, 9.17) is 9.47 Å². The highest BCUT2D eigenvalue weighted by molar-refractivity contribution is 8.00. The maximum absolute atomic E-state index is 12.4. The quantitative estimate of drug-likeness (QED) is 0.277. The number of para-hydroxylation sites is 1. The minimum atomic E-state index is -0.364. The summed E-state index contributed by atoms with van der Waals surface area (Å²) in [6, 6.07) is 15.9. The summed E-state index contributed by atoms with van der Waals surface area (Å²) in [5.41, 5.74) is 2.86. The standard InChI is InChI=1S/C24H26N4O3S/c1-4-21(23(29)31-6-3)32-24-27-26-22(19-15-25-20-10-8-7-9-18(19)20)28(24)16-11-13-17(14-12-16)30-5-2/h7-15,21,25H,4-6H2,1-3H3/t21-/m0/s1. The first kappa shape index (κ1) is 22.0. The minimum absolute atomic E-state index is 0.241. The molecule has 0 amide bonds. The van der Waals surface area contributed by atoms with Crippen LogP contribution >= 0.6 is 11.8 Å². The molecular formula is C24H26N4O3S. The summed E-state index contributed by atoms with van der Waals surface area (Å²) in [5.74, 6) is 1.26. The number of carbonyl (C=O) groups is 1. The van der Waals surface area contributed by atoms with Crippen LogP contribution < -0.4 is 4.74 Å². The van der Waals surface area contributed by atoms with Crippen molar-refractivity contribution < 1.29 is 14.3 Å². The smallest absolute Gasteiger partial charge is 0.319 e. The van der Waals surface area contributed by atoms with Gasteiger partial charge >= 0.3 is 5.97 Å². The third-order valence-corrected chi connectivity index (χ3v) is 6.32. The molecule has 32 heavy (non-hydrogen) atoms. The lowest BCUT2D eigenvalue weighted by Crippen LogP contribution is -2.20. The van der Waals surface area contributed by atoms with Gasteiger partial charge in [0.15, 0.2) is 11.0 Å². The lowest BCUT2D eigenvalue weighted by Gasteiger charge is -2.15. The molecule has 0 spiro atoms. The van der Waals surface area contributed by atoms with Crippen molar-refractivity contribution in [3.8, 4) is 22.8 Å². The molecule has 0 aliphatic heterocycles. The molecule has 7 nitrogen and oxygen atoms in total. The molecule has 0 bridgehead atoms. The first-order valence-corrected chi connectivity index (χ1v) is 11.6. The normalized spacial score (nSPS) is 12.1. The molecule has 2 heterocycles. The number of aromatic nitrogens is 4. The summed E-state index contributed by atoms with van der Waals surface area (Å²) in [4.78, 5) is 15.7. The van der Waals surface area contributed by atoms with Gasteiger partial charge < -0.3 is 14.5 Å². The molecule has 1 N–H and O–H groups in total. The zero-order valence-corrected chi connectivity index (χ0v) is 19.2. The Hall–Kier alpha value is -3.26. The van der Waals surface area contributed by atoms with Crippen molar-refractivity contribution >= 4 is 28.6 Å². The second-order valence-corrected chi connectivity index (χ2v) is 8.25. The molecule has 0 aliphatic rings. The number of hydrogen-bond donors (Lipinski definition) is 1. The lowest BCUT2D eigenvalue weighted by atomic mass is 10.1. The molecule has 4 aromatic rings. The van der Waals surface area contributed by atoms with E-state index in [0.717, 1.165) is 27.9 Å². The number of nitrogens with zero attached hydrogens (tertiary/aromatic N) is 3. The summed E-state index contributed by atoms with van der Waals surface area (Å²) in [5, 5.41) is 10.3. The van der Waals surface area contributed by atoms with Crippen molar-refractivity contribution in [2.24, 2.45) is 0 Å². The van der Waals surface area contributed by atoms with Gasteiger partial charge in [0.25, 0.3) is 0 Å². The summed E-state index contributed by atoms with van der Waals surface area (Å²) < 4.78 is 12.8. The zero-order valence-electron chi connectivity index (χ0n) is 18.4. The van der Waals surface area contributed by atoms with Gasteiger partial charge in [-0.05, 0) is 50.6 Å². The third-order valence-electron chi connectivity index (χ3n) is 5.04. The molecule has 1 atom stereocenters. The number of H-pyrrole nitrogens is 1. The molecule has 2 aromatic carbocycles. The number of aromatic amines is 1. The molecule has 166 valence electrons. The van der Waals surface area contributed by atoms with Crippen LogP contribution in [0.1, 0.15) is 27.2 Å². The molecule has 0 fully saturated rings. The van der Waals surface area contributed by atoms with Crippen LogP contribution in [0.5, 0.6) is 5.75 Å². The van der Waals surface area contributed by atoms with E-state index in [2.05, 4.69) is 21.2 Å². The molecule has 2 aromatic heterocycles. The summed E-state index contributed by atoms with van der Waals surface area (Å²) in [6.45, 7) is 6.69. The van der Waals surface area contributed by atoms with Gasteiger partial charge in [0, 0.05) is 28.4 Å². The van der Waals surface area contributed by atoms with E-state index in [1.807, 2.05) is 74.0 Å². The molecule has 0 saturated carbocycles. The van der Waals surface area contributed by atoms with E-state index in [1.54, 1.807) is 0 Å². The molecule has 0 saturated heterocycles. The fraction of sp³-hybridized carbons (Fsp3) is 0.292. The van der Waals surface area contributed by atoms with Crippen LogP contribution in [0.3, 0.4) is 0 Å². The van der Waals surface area contributed by atoms with E-state index in [1.165, 1.54) is 11.8 Å². The highest BCUT2D eigenvalue weighted by Crippen LogP contribution is 2.34. The van der Waals surface area contributed by atoms with Gasteiger partial charge in [0.05, 0.1) is 13.2 Å². The van der Waals surface area contributed by atoms with Crippen LogP contribution in [0, 0.1) is 0 Å². The monoisotopic (exact) mass is 450 g/mol. The number of thioether (sulfide) groups is 1. The maximum Gasteiger partial charge on any atom is 0.319 e. The van der Waals surface area contributed by atoms with Gasteiger partial charge in [-0.2, -0.15) is 0 Å². The Kier molecular flexibility index (Phi) is 6.80. The second kappa shape index (κ2) is 9.91. The highest BCUT2D eigenvalue weighted by atomic mass is 32.2. The third kappa shape index (κ3) is 4.36. The van der Waals surface area contributed by atoms with Crippen LogP contribution in [-0.4, -0.2) is 44.2 Å². The molecular weight excluding hydrogens is 424 g/mol. The van der Waals surface area contributed by atoms with E-state index in [9.17, 15) is 4.79 Å². The molecule has 4 rings (SSSR count). The Morgan fingerprint density at radius 1 is 1.06 bits per heavy atom. The first-order chi connectivity index (χ1) is 15.7. The van der Waals surface area contributed by atoms with Crippen LogP contribution in [0.15, 0.2) is 59.9 Å². The summed E-state index contributed by atoms with van der Waals surface area (Å²) in [6.07, 6.45) is 2.57. The topological polar surface area (TPSA) is 82.0 Å². The number of fused-ring (bicyclic) bond motifs is 1. The molecule has 0 aliphatic carbocycles. The number of nitrogens with one attached hydrogen (secondary N) is 1. The predicted octanol–water partition coefficient (Wildman–Crippen LogP) is 5.25. The Morgan fingerprint density at radius 2 is 1.84 bits per heavy atom. The number of ether oxygens (including phenoxy) is 2. The van der Waals surface area contributed by atoms with Crippen molar-refractivity contribution in [3.63, 3.8) is 0 Å². The van der Waals surface area contributed by atoms with Crippen molar-refractivity contribution in [3.05, 3.63) is 54.7 Å². The van der Waals surface area contributed by atoms with E-state index in [0.29, 0.717) is 30.6 Å². The minimum Gasteiger partial charge on any atom is -0.494 e. The van der Waals surface area contributed by atoms with E-state index < -0.39 is 0 Å². The van der Waals surface area contributed by atoms with Gasteiger partial charge in [-0.1, -0.05) is 36.9 Å². The number of rotatable bonds is 9. The van der Waals surface area contributed by atoms with Crippen molar-refractivity contribution in [2.75, 3.05) is 13.2 Å². The van der Waals surface area contributed by atoms with Gasteiger partial charge in [0.2, 0.25) is 0 Å². The van der Waals surface area contributed by atoms with Gasteiger partial charge in [-0.3, -0.25) is 9.36 Å². The molecule has 0 radical (unpaired) electrons. The van der Waals surface area contributed by atoms with Crippen molar-refractivity contribution in [2.45, 2.75) is 37.6 Å². The number of benzene rings is 2. The summed E-state index contributed by atoms with van der Waals surface area (Å²) >= 11 is 1.37. The Morgan fingerprint density at radius 3 is 2.56 bits per heavy atom. The van der Waals surface area contributed by atoms with Crippen LogP contribution in [0.4, 0.5) is 0 Å². The van der Waals surface area contributed by atoms with Crippen LogP contribution in [-0.2, 0) is 9.53 Å². The number of carbonyl (C=O) groups excluding carboxylic acids is 1. The summed E-state index contributed by atoms with van der Waals surface area (Å²) in [7, 11) is 0. The zero-order chi connectivity index (χ0) is 22.5. The van der Waals surface area contributed by atoms with Crippen LogP contribution in [0.25, 0.3) is 28.0 Å². The Bertz CT molecular complexity index is 1200. The van der Waals surface area contributed by atoms with Crippen molar-refractivity contribution in [1.82, 2.24) is 19.7 Å². The fourth-order valence-corrected chi connectivity index (χ4v) is 4.50. The fourth-order valence-electron chi connectivity index (χ4n) is 3.53. The highest BCUT2D eigenvalue weighted by Gasteiger charge is 2.25. The van der Waals surface area contributed by atoms with Crippen molar-refractivity contribution in [1.29, 1.82) is 0 Å². The van der Waals surface area contributed by atoms with Gasteiger partial charge in [-0.25, -0.2) is 0 Å². The Balaban J connectivity index is 1.81. The average molecular weight is 451 g/mol. The first-order valence-electron chi connectivity index (χ1n) is 10.7. The largest absolute Gasteiger partial charge is 0.494 e. The van der Waals surface area contributed by atoms with Gasteiger partial charge in [0.1, 0.15) is 11.0 Å². The van der Waals surface area contributed by atoms with Gasteiger partial charge in [-0.15, -0.1) is 10.2 Å². The number of esters is 1. The lowest BCUT2D eigenvalue weighted by molar-refractivity contribution is -0.142.